The summed E-state index contributed by atoms with van der Waals surface area (Å²) in [4.78, 5) is 27.8. The topological polar surface area (TPSA) is 58.6 Å². The second-order valence-corrected chi connectivity index (χ2v) is 7.11. The maximum absolute atomic E-state index is 13.6. The van der Waals surface area contributed by atoms with Gasteiger partial charge >= 0.3 is 6.03 Å². The zero-order valence-electron chi connectivity index (χ0n) is 16.2. The maximum Gasteiger partial charge on any atom is 0.325 e. The third-order valence-electron chi connectivity index (χ3n) is 5.23. The molecular weight excluding hydrogens is 364 g/mol. The number of nitrogens with zero attached hydrogens (tertiary/aromatic N) is 1. The second-order valence-electron chi connectivity index (χ2n) is 7.11. The Labute approximate surface area is 169 Å². The molecule has 1 unspecified atom stereocenters. The first kappa shape index (κ1) is 18.7. The van der Waals surface area contributed by atoms with E-state index < -0.39 is 11.6 Å². The van der Waals surface area contributed by atoms with Crippen LogP contribution in [0.4, 0.5) is 4.79 Å². The van der Waals surface area contributed by atoms with Crippen LogP contribution in [0, 0.1) is 0 Å². The van der Waals surface area contributed by atoms with Gasteiger partial charge in [-0.3, -0.25) is 9.69 Å². The fraction of sp³-hybridized carbons (Fsp3) is 0.167. The Hall–Kier alpha value is -3.60. The summed E-state index contributed by atoms with van der Waals surface area (Å²) < 4.78 is 5.26. The Morgan fingerprint density at radius 3 is 2.21 bits per heavy atom. The third-order valence-corrected chi connectivity index (χ3v) is 5.23. The first-order valence-corrected chi connectivity index (χ1v) is 9.49. The number of urea groups is 1. The van der Waals surface area contributed by atoms with Gasteiger partial charge in [0.05, 0.1) is 13.7 Å². The van der Waals surface area contributed by atoms with Crippen molar-refractivity contribution in [3.05, 3.63) is 102 Å². The standard InChI is InChI=1S/C24H22N2O3/c1-29-21-14-8-11-19(15-21)17-26-22(27)24(25-23(26)28,20-12-6-3-7-13-20)16-18-9-4-2-5-10-18/h2-15H,16-17H2,1H3,(H,25,28). The van der Waals surface area contributed by atoms with Gasteiger partial charge in [0, 0.05) is 6.42 Å². The molecule has 29 heavy (non-hydrogen) atoms. The highest BCUT2D eigenvalue weighted by Crippen LogP contribution is 2.34. The van der Waals surface area contributed by atoms with Crippen molar-refractivity contribution < 1.29 is 14.3 Å². The minimum Gasteiger partial charge on any atom is -0.497 e. The third kappa shape index (κ3) is 3.59. The number of rotatable bonds is 6. The van der Waals surface area contributed by atoms with Gasteiger partial charge in [0.2, 0.25) is 0 Å². The number of carbonyl (C=O) groups excluding carboxylic acids is 2. The molecule has 1 atom stereocenters. The summed E-state index contributed by atoms with van der Waals surface area (Å²) in [6.07, 6.45) is 0.386. The number of imide groups is 1. The molecular formula is C24H22N2O3. The molecule has 3 amide bonds. The lowest BCUT2D eigenvalue weighted by atomic mass is 9.83. The first-order valence-electron chi connectivity index (χ1n) is 9.49. The molecule has 1 saturated heterocycles. The largest absolute Gasteiger partial charge is 0.497 e. The van der Waals surface area contributed by atoms with Crippen molar-refractivity contribution in [1.82, 2.24) is 10.2 Å². The number of benzene rings is 3. The van der Waals surface area contributed by atoms with Gasteiger partial charge in [0.15, 0.2) is 5.54 Å². The molecule has 1 fully saturated rings. The lowest BCUT2D eigenvalue weighted by Crippen LogP contribution is -2.46. The van der Waals surface area contributed by atoms with Gasteiger partial charge < -0.3 is 10.1 Å². The van der Waals surface area contributed by atoms with Crippen LogP contribution in [0.3, 0.4) is 0 Å². The molecule has 3 aromatic rings. The monoisotopic (exact) mass is 386 g/mol. The molecule has 0 aliphatic carbocycles. The second kappa shape index (κ2) is 7.80. The van der Waals surface area contributed by atoms with E-state index in [0.29, 0.717) is 12.2 Å². The van der Waals surface area contributed by atoms with Crippen LogP contribution in [0.2, 0.25) is 0 Å². The van der Waals surface area contributed by atoms with E-state index in [0.717, 1.165) is 16.7 Å². The predicted molar refractivity (Wildman–Crippen MR) is 110 cm³/mol. The van der Waals surface area contributed by atoms with Crippen LogP contribution in [0.15, 0.2) is 84.9 Å². The van der Waals surface area contributed by atoms with Gasteiger partial charge in [-0.05, 0) is 28.8 Å². The average molecular weight is 386 g/mol. The summed E-state index contributed by atoms with van der Waals surface area (Å²) >= 11 is 0. The Balaban J connectivity index is 1.70. The first-order chi connectivity index (χ1) is 14.1. The number of hydrogen-bond donors (Lipinski definition) is 1. The SMILES string of the molecule is COc1cccc(CN2C(=O)NC(Cc3ccccc3)(c3ccccc3)C2=O)c1. The zero-order chi connectivity index (χ0) is 20.3. The van der Waals surface area contributed by atoms with E-state index in [1.165, 1.54) is 4.90 Å². The summed E-state index contributed by atoms with van der Waals surface area (Å²) in [5, 5.41) is 2.99. The average Bonchev–Trinajstić information content (AvgIpc) is 3.00. The molecule has 1 N–H and O–H groups in total. The number of carbonyl (C=O) groups is 2. The summed E-state index contributed by atoms with van der Waals surface area (Å²) in [5.74, 6) is 0.438. The van der Waals surface area contributed by atoms with Gasteiger partial charge in [-0.25, -0.2) is 4.79 Å². The lowest BCUT2D eigenvalue weighted by molar-refractivity contribution is -0.132. The number of methoxy groups -OCH3 is 1. The van der Waals surface area contributed by atoms with E-state index in [2.05, 4.69) is 5.32 Å². The zero-order valence-corrected chi connectivity index (χ0v) is 16.2. The number of ether oxygens (including phenoxy) is 1. The van der Waals surface area contributed by atoms with Crippen LogP contribution in [-0.4, -0.2) is 23.9 Å². The Morgan fingerprint density at radius 1 is 0.862 bits per heavy atom. The van der Waals surface area contributed by atoms with Gasteiger partial charge in [0.25, 0.3) is 5.91 Å². The van der Waals surface area contributed by atoms with E-state index in [4.69, 9.17) is 4.74 Å². The van der Waals surface area contributed by atoms with E-state index >= 15 is 0 Å². The molecule has 1 heterocycles. The van der Waals surface area contributed by atoms with Crippen molar-refractivity contribution in [2.45, 2.75) is 18.5 Å². The lowest BCUT2D eigenvalue weighted by Gasteiger charge is -2.27. The van der Waals surface area contributed by atoms with Crippen molar-refractivity contribution in [2.24, 2.45) is 0 Å². The van der Waals surface area contributed by atoms with Crippen molar-refractivity contribution in [1.29, 1.82) is 0 Å². The van der Waals surface area contributed by atoms with Crippen LogP contribution >= 0.6 is 0 Å². The fourth-order valence-electron chi connectivity index (χ4n) is 3.77. The molecule has 5 heteroatoms. The number of hydrogen-bond acceptors (Lipinski definition) is 3. The minimum absolute atomic E-state index is 0.186. The van der Waals surface area contributed by atoms with Crippen LogP contribution in [0.5, 0.6) is 5.75 Å². The highest BCUT2D eigenvalue weighted by atomic mass is 16.5. The molecule has 1 aliphatic rings. The molecule has 0 radical (unpaired) electrons. The van der Waals surface area contributed by atoms with E-state index in [1.807, 2.05) is 84.9 Å². The Kier molecular flexibility index (Phi) is 5.04. The fourth-order valence-corrected chi connectivity index (χ4v) is 3.77. The normalized spacial score (nSPS) is 18.6. The van der Waals surface area contributed by atoms with Crippen molar-refractivity contribution in [3.63, 3.8) is 0 Å². The summed E-state index contributed by atoms with van der Waals surface area (Å²) in [6, 6.07) is 26.2. The highest BCUT2D eigenvalue weighted by Gasteiger charge is 2.52. The number of nitrogens with one attached hydrogen (secondary N) is 1. The molecule has 0 saturated carbocycles. The van der Waals surface area contributed by atoms with Gasteiger partial charge in [-0.2, -0.15) is 0 Å². The van der Waals surface area contributed by atoms with Gasteiger partial charge in [-0.1, -0.05) is 72.8 Å². The predicted octanol–water partition coefficient (Wildman–Crippen LogP) is 3.89. The molecule has 0 aromatic heterocycles. The Bertz CT molecular complexity index is 1020. The summed E-state index contributed by atoms with van der Waals surface area (Å²) in [6.45, 7) is 0.186. The van der Waals surface area contributed by atoms with Gasteiger partial charge in [-0.15, -0.1) is 0 Å². The van der Waals surface area contributed by atoms with E-state index in [-0.39, 0.29) is 12.5 Å². The molecule has 5 nitrogen and oxygen atoms in total. The van der Waals surface area contributed by atoms with E-state index in [9.17, 15) is 9.59 Å². The van der Waals surface area contributed by atoms with Crippen molar-refractivity contribution in [3.8, 4) is 5.75 Å². The Morgan fingerprint density at radius 2 is 1.52 bits per heavy atom. The van der Waals surface area contributed by atoms with Crippen LogP contribution < -0.4 is 10.1 Å². The van der Waals surface area contributed by atoms with Gasteiger partial charge in [0.1, 0.15) is 5.75 Å². The molecule has 1 aliphatic heterocycles. The molecule has 3 aromatic carbocycles. The molecule has 0 bridgehead atoms. The number of amides is 3. The summed E-state index contributed by atoms with van der Waals surface area (Å²) in [5.41, 5.74) is 1.46. The van der Waals surface area contributed by atoms with Crippen LogP contribution in [0.1, 0.15) is 16.7 Å². The molecule has 146 valence electrons. The van der Waals surface area contributed by atoms with Crippen molar-refractivity contribution in [2.75, 3.05) is 7.11 Å². The van der Waals surface area contributed by atoms with Crippen LogP contribution in [0.25, 0.3) is 0 Å². The summed E-state index contributed by atoms with van der Waals surface area (Å²) in [7, 11) is 1.59. The smallest absolute Gasteiger partial charge is 0.325 e. The van der Waals surface area contributed by atoms with E-state index in [1.54, 1.807) is 7.11 Å². The molecule has 4 rings (SSSR count). The maximum atomic E-state index is 13.6. The quantitative estimate of drug-likeness (QED) is 0.654. The highest BCUT2D eigenvalue weighted by molar-refractivity contribution is 6.07. The van der Waals surface area contributed by atoms with Crippen LogP contribution in [-0.2, 0) is 23.3 Å². The molecule has 0 spiro atoms. The minimum atomic E-state index is -1.13. The van der Waals surface area contributed by atoms with Crippen molar-refractivity contribution >= 4 is 11.9 Å².